The fraction of sp³-hybridized carbons (Fsp3) is 0.364. The van der Waals surface area contributed by atoms with Gasteiger partial charge >= 0.3 is 5.97 Å². The van der Waals surface area contributed by atoms with Crippen molar-refractivity contribution in [2.45, 2.75) is 12.3 Å². The molecule has 5 heteroatoms. The molecular weight excluding hydrogens is 226 g/mol. The van der Waals surface area contributed by atoms with Crippen LogP contribution in [0.5, 0.6) is 0 Å². The average Bonchev–Trinajstić information content (AvgIpc) is 2.31. The summed E-state index contributed by atoms with van der Waals surface area (Å²) in [6.07, 6.45) is -0.436. The number of rotatable bonds is 6. The Hall–Kier alpha value is -1.04. The normalized spacial score (nSPS) is 14.4. The van der Waals surface area contributed by atoms with Crippen LogP contribution in [0.3, 0.4) is 0 Å². The summed E-state index contributed by atoms with van der Waals surface area (Å²) in [6, 6.07) is 8.66. The molecule has 1 aromatic rings. The maximum absolute atomic E-state index is 10.8. The van der Waals surface area contributed by atoms with E-state index < -0.39 is 18.2 Å². The highest BCUT2D eigenvalue weighted by atomic mass is 32.1. The molecule has 0 fully saturated rings. The largest absolute Gasteiger partial charge is 0.480 e. The van der Waals surface area contributed by atoms with Crippen LogP contribution in [0, 0.1) is 0 Å². The van der Waals surface area contributed by atoms with Gasteiger partial charge in [0.2, 0.25) is 0 Å². The molecule has 1 unspecified atom stereocenters. The zero-order valence-corrected chi connectivity index (χ0v) is 9.85. The lowest BCUT2D eigenvalue weighted by atomic mass is 10.2. The highest BCUT2D eigenvalue weighted by Gasteiger charge is 2.20. The topological polar surface area (TPSA) is 58.6 Å². The van der Waals surface area contributed by atoms with Gasteiger partial charge in [-0.2, -0.15) is 12.6 Å². The van der Waals surface area contributed by atoms with Gasteiger partial charge in [-0.15, -0.1) is 0 Å². The number of carboxylic acid groups (broad SMARTS) is 1. The van der Waals surface area contributed by atoms with Gasteiger partial charge in [0, 0.05) is 12.9 Å². The third kappa shape index (κ3) is 3.52. The summed E-state index contributed by atoms with van der Waals surface area (Å²) < 4.78 is 5.21. The number of carbonyl (C=O) groups is 1. The molecule has 0 bridgehead atoms. The standard InChI is InChI=1S/C11H15NO3S/c1-15-10(8-5-3-2-4-6-8)12-9(7-16)11(13)14/h2-6,9-10,12,16H,7H2,1H3,(H,13,14)/t9-,10?/m0/s1. The maximum Gasteiger partial charge on any atom is 0.321 e. The number of hydrogen-bond acceptors (Lipinski definition) is 4. The van der Waals surface area contributed by atoms with Crippen molar-refractivity contribution in [3.8, 4) is 0 Å². The number of nitrogens with one attached hydrogen (secondary N) is 1. The van der Waals surface area contributed by atoms with Gasteiger partial charge in [0.05, 0.1) is 0 Å². The van der Waals surface area contributed by atoms with Crippen LogP contribution in [0.1, 0.15) is 11.8 Å². The molecule has 16 heavy (non-hydrogen) atoms. The van der Waals surface area contributed by atoms with E-state index in [0.717, 1.165) is 5.56 Å². The van der Waals surface area contributed by atoms with Crippen molar-refractivity contribution in [2.24, 2.45) is 0 Å². The molecular formula is C11H15NO3S. The Bertz CT molecular complexity index is 331. The Morgan fingerprint density at radius 3 is 2.56 bits per heavy atom. The van der Waals surface area contributed by atoms with Crippen LogP contribution in [0.25, 0.3) is 0 Å². The lowest BCUT2D eigenvalue weighted by Crippen LogP contribution is -2.41. The van der Waals surface area contributed by atoms with Gasteiger partial charge in [-0.1, -0.05) is 30.3 Å². The molecule has 2 atom stereocenters. The molecule has 0 heterocycles. The first kappa shape index (κ1) is 13.0. The molecule has 2 N–H and O–H groups in total. The minimum absolute atomic E-state index is 0.210. The average molecular weight is 241 g/mol. The highest BCUT2D eigenvalue weighted by Crippen LogP contribution is 2.13. The summed E-state index contributed by atoms with van der Waals surface area (Å²) in [7, 11) is 1.53. The second kappa shape index (κ2) is 6.52. The molecule has 0 aliphatic rings. The fourth-order valence-corrected chi connectivity index (χ4v) is 1.57. The van der Waals surface area contributed by atoms with Gasteiger partial charge in [0.25, 0.3) is 0 Å². The Balaban J connectivity index is 2.72. The van der Waals surface area contributed by atoms with E-state index >= 15 is 0 Å². The zero-order chi connectivity index (χ0) is 12.0. The minimum atomic E-state index is -0.937. The number of methoxy groups -OCH3 is 1. The Kier molecular flexibility index (Phi) is 5.31. The third-order valence-corrected chi connectivity index (χ3v) is 2.54. The van der Waals surface area contributed by atoms with Crippen molar-refractivity contribution >= 4 is 18.6 Å². The summed E-state index contributed by atoms with van der Waals surface area (Å²) in [6.45, 7) is 0. The van der Waals surface area contributed by atoms with Gasteiger partial charge < -0.3 is 9.84 Å². The summed E-state index contributed by atoms with van der Waals surface area (Å²) in [5, 5.41) is 11.8. The minimum Gasteiger partial charge on any atom is -0.480 e. The monoisotopic (exact) mass is 241 g/mol. The van der Waals surface area contributed by atoms with Crippen LogP contribution in [-0.2, 0) is 9.53 Å². The number of thiol groups is 1. The van der Waals surface area contributed by atoms with E-state index in [1.54, 1.807) is 0 Å². The molecule has 0 spiro atoms. The van der Waals surface area contributed by atoms with Crippen molar-refractivity contribution in [1.82, 2.24) is 5.32 Å². The molecule has 0 radical (unpaired) electrons. The Morgan fingerprint density at radius 1 is 1.50 bits per heavy atom. The quantitative estimate of drug-likeness (QED) is 0.519. The van der Waals surface area contributed by atoms with E-state index in [2.05, 4.69) is 17.9 Å². The maximum atomic E-state index is 10.8. The second-order valence-corrected chi connectivity index (χ2v) is 3.63. The van der Waals surface area contributed by atoms with Gasteiger partial charge in [-0.05, 0) is 5.56 Å². The Labute approximate surface area is 100 Å². The number of benzene rings is 1. The van der Waals surface area contributed by atoms with E-state index in [1.807, 2.05) is 30.3 Å². The van der Waals surface area contributed by atoms with Gasteiger partial charge in [-0.25, -0.2) is 0 Å². The Morgan fingerprint density at radius 2 is 2.12 bits per heavy atom. The molecule has 0 aliphatic heterocycles. The van der Waals surface area contributed by atoms with Crippen LogP contribution in [0.15, 0.2) is 30.3 Å². The van der Waals surface area contributed by atoms with Crippen molar-refractivity contribution in [3.05, 3.63) is 35.9 Å². The lowest BCUT2D eigenvalue weighted by molar-refractivity contribution is -0.140. The second-order valence-electron chi connectivity index (χ2n) is 3.27. The van der Waals surface area contributed by atoms with Crippen LogP contribution in [-0.4, -0.2) is 30.0 Å². The zero-order valence-electron chi connectivity index (χ0n) is 8.96. The fourth-order valence-electron chi connectivity index (χ4n) is 1.31. The van der Waals surface area contributed by atoms with E-state index in [-0.39, 0.29) is 5.75 Å². The lowest BCUT2D eigenvalue weighted by Gasteiger charge is -2.21. The molecule has 4 nitrogen and oxygen atoms in total. The van der Waals surface area contributed by atoms with Gasteiger partial charge in [0.1, 0.15) is 12.3 Å². The van der Waals surface area contributed by atoms with Crippen molar-refractivity contribution < 1.29 is 14.6 Å². The van der Waals surface area contributed by atoms with E-state index in [1.165, 1.54) is 7.11 Å². The molecule has 0 aliphatic carbocycles. The smallest absolute Gasteiger partial charge is 0.321 e. The summed E-state index contributed by atoms with van der Waals surface area (Å²) in [5.41, 5.74) is 0.887. The number of aliphatic carboxylic acids is 1. The molecule has 0 aromatic heterocycles. The van der Waals surface area contributed by atoms with Crippen LogP contribution in [0.4, 0.5) is 0 Å². The summed E-state index contributed by atoms with van der Waals surface area (Å²) in [5.74, 6) is -0.727. The predicted molar refractivity (Wildman–Crippen MR) is 64.6 cm³/mol. The first-order valence-corrected chi connectivity index (χ1v) is 5.49. The van der Waals surface area contributed by atoms with E-state index in [0.29, 0.717) is 0 Å². The van der Waals surface area contributed by atoms with Gasteiger partial charge in [0.15, 0.2) is 0 Å². The first-order valence-electron chi connectivity index (χ1n) is 4.86. The number of carboxylic acids is 1. The SMILES string of the molecule is COC(N[C@@H](CS)C(=O)O)c1ccccc1. The number of hydrogen-bond donors (Lipinski definition) is 3. The third-order valence-electron chi connectivity index (χ3n) is 2.17. The molecule has 0 amide bonds. The highest BCUT2D eigenvalue weighted by molar-refractivity contribution is 7.80. The van der Waals surface area contributed by atoms with Gasteiger partial charge in [-0.3, -0.25) is 10.1 Å². The van der Waals surface area contributed by atoms with E-state index in [4.69, 9.17) is 9.84 Å². The summed E-state index contributed by atoms with van der Waals surface area (Å²) in [4.78, 5) is 10.8. The van der Waals surface area contributed by atoms with Crippen LogP contribution < -0.4 is 5.32 Å². The molecule has 1 rings (SSSR count). The van der Waals surface area contributed by atoms with Crippen LogP contribution >= 0.6 is 12.6 Å². The molecule has 88 valence electrons. The number of ether oxygens (including phenoxy) is 1. The predicted octanol–water partition coefficient (Wildman–Crippen LogP) is 1.30. The van der Waals surface area contributed by atoms with Crippen molar-refractivity contribution in [2.75, 3.05) is 12.9 Å². The molecule has 0 saturated carbocycles. The van der Waals surface area contributed by atoms with Crippen molar-refractivity contribution in [3.63, 3.8) is 0 Å². The van der Waals surface area contributed by atoms with Crippen LogP contribution in [0.2, 0.25) is 0 Å². The summed E-state index contributed by atoms with van der Waals surface area (Å²) >= 11 is 3.98. The molecule has 1 aromatic carbocycles. The molecule has 0 saturated heterocycles. The first-order chi connectivity index (χ1) is 7.69. The van der Waals surface area contributed by atoms with Crippen molar-refractivity contribution in [1.29, 1.82) is 0 Å². The van der Waals surface area contributed by atoms with E-state index in [9.17, 15) is 4.79 Å².